The standard InChI is InChI=1S/C14H19FN2O2/c1-3-4-5-8-16-13(18)14(19)17-12-7-6-11(15)9-10(12)2/h6-7,9H,3-5,8H2,1-2H3,(H,16,18)(H,17,19). The molecule has 0 atom stereocenters. The van der Waals surface area contributed by atoms with E-state index in [0.29, 0.717) is 17.8 Å². The van der Waals surface area contributed by atoms with Crippen molar-refractivity contribution in [2.24, 2.45) is 0 Å². The van der Waals surface area contributed by atoms with Crippen molar-refractivity contribution in [3.8, 4) is 0 Å². The highest BCUT2D eigenvalue weighted by atomic mass is 19.1. The van der Waals surface area contributed by atoms with E-state index in [1.54, 1.807) is 6.92 Å². The molecule has 0 heterocycles. The van der Waals surface area contributed by atoms with Gasteiger partial charge in [-0.25, -0.2) is 4.39 Å². The Labute approximate surface area is 112 Å². The Hall–Kier alpha value is -1.91. The fourth-order valence-corrected chi connectivity index (χ4v) is 1.60. The summed E-state index contributed by atoms with van der Waals surface area (Å²) in [5.41, 5.74) is 1.02. The Kier molecular flexibility index (Phi) is 5.99. The second-order valence-corrected chi connectivity index (χ2v) is 4.38. The molecule has 19 heavy (non-hydrogen) atoms. The molecular formula is C14H19FN2O2. The first-order valence-electron chi connectivity index (χ1n) is 6.40. The van der Waals surface area contributed by atoms with Crippen molar-refractivity contribution < 1.29 is 14.0 Å². The number of aryl methyl sites for hydroxylation is 1. The summed E-state index contributed by atoms with van der Waals surface area (Å²) in [6.07, 6.45) is 2.92. The van der Waals surface area contributed by atoms with E-state index in [4.69, 9.17) is 0 Å². The van der Waals surface area contributed by atoms with Crippen LogP contribution in [0.1, 0.15) is 31.7 Å². The normalized spacial score (nSPS) is 10.1. The molecule has 2 N–H and O–H groups in total. The van der Waals surface area contributed by atoms with Gasteiger partial charge in [0.2, 0.25) is 0 Å². The van der Waals surface area contributed by atoms with Gasteiger partial charge in [-0.15, -0.1) is 0 Å². The molecule has 0 aliphatic heterocycles. The quantitative estimate of drug-likeness (QED) is 0.635. The van der Waals surface area contributed by atoms with Crippen LogP contribution < -0.4 is 10.6 Å². The summed E-state index contributed by atoms with van der Waals surface area (Å²) >= 11 is 0. The van der Waals surface area contributed by atoms with Gasteiger partial charge in [-0.1, -0.05) is 19.8 Å². The van der Waals surface area contributed by atoms with Crippen LogP contribution in [-0.4, -0.2) is 18.4 Å². The van der Waals surface area contributed by atoms with Gasteiger partial charge in [0.1, 0.15) is 5.82 Å². The highest BCUT2D eigenvalue weighted by molar-refractivity contribution is 6.39. The maximum Gasteiger partial charge on any atom is 0.313 e. The van der Waals surface area contributed by atoms with E-state index in [9.17, 15) is 14.0 Å². The molecule has 0 aliphatic rings. The van der Waals surface area contributed by atoms with Gasteiger partial charge in [0.05, 0.1) is 0 Å². The highest BCUT2D eigenvalue weighted by Crippen LogP contribution is 2.15. The van der Waals surface area contributed by atoms with Crippen LogP contribution in [0.3, 0.4) is 0 Å². The smallest absolute Gasteiger partial charge is 0.313 e. The van der Waals surface area contributed by atoms with Crippen molar-refractivity contribution in [1.29, 1.82) is 0 Å². The van der Waals surface area contributed by atoms with Gasteiger partial charge in [0, 0.05) is 12.2 Å². The van der Waals surface area contributed by atoms with Gasteiger partial charge in [-0.3, -0.25) is 9.59 Å². The van der Waals surface area contributed by atoms with Gasteiger partial charge in [-0.2, -0.15) is 0 Å². The summed E-state index contributed by atoms with van der Waals surface area (Å²) in [5.74, 6) is -1.77. The lowest BCUT2D eigenvalue weighted by Gasteiger charge is -2.08. The predicted octanol–water partition coefficient (Wildman–Crippen LogP) is 2.38. The maximum absolute atomic E-state index is 12.9. The molecule has 0 aromatic heterocycles. The zero-order chi connectivity index (χ0) is 14.3. The monoisotopic (exact) mass is 266 g/mol. The largest absolute Gasteiger partial charge is 0.348 e. The molecule has 104 valence electrons. The van der Waals surface area contributed by atoms with Crippen LogP contribution in [0.5, 0.6) is 0 Å². The van der Waals surface area contributed by atoms with Crippen LogP contribution in [0.2, 0.25) is 0 Å². The van der Waals surface area contributed by atoms with Crippen molar-refractivity contribution >= 4 is 17.5 Å². The number of rotatable bonds is 5. The first kappa shape index (κ1) is 15.1. The third kappa shape index (κ3) is 5.07. The Balaban J connectivity index is 2.47. The molecule has 0 saturated carbocycles. The Morgan fingerprint density at radius 3 is 2.58 bits per heavy atom. The highest BCUT2D eigenvalue weighted by Gasteiger charge is 2.13. The van der Waals surface area contributed by atoms with Crippen molar-refractivity contribution in [1.82, 2.24) is 5.32 Å². The minimum atomic E-state index is -0.730. The van der Waals surface area contributed by atoms with Crippen LogP contribution >= 0.6 is 0 Å². The Morgan fingerprint density at radius 1 is 1.21 bits per heavy atom. The number of hydrogen-bond acceptors (Lipinski definition) is 2. The number of hydrogen-bond donors (Lipinski definition) is 2. The Morgan fingerprint density at radius 2 is 1.95 bits per heavy atom. The molecule has 2 amide bonds. The molecule has 4 nitrogen and oxygen atoms in total. The van der Waals surface area contributed by atoms with E-state index >= 15 is 0 Å². The lowest BCUT2D eigenvalue weighted by molar-refractivity contribution is -0.136. The van der Waals surface area contributed by atoms with Crippen LogP contribution in [0.15, 0.2) is 18.2 Å². The molecule has 0 fully saturated rings. The zero-order valence-corrected chi connectivity index (χ0v) is 11.3. The maximum atomic E-state index is 12.9. The molecule has 1 aromatic rings. The third-order valence-electron chi connectivity index (χ3n) is 2.71. The van der Waals surface area contributed by atoms with Crippen LogP contribution in [0.25, 0.3) is 0 Å². The zero-order valence-electron chi connectivity index (χ0n) is 11.3. The molecule has 1 rings (SSSR count). The number of unbranched alkanes of at least 4 members (excludes halogenated alkanes) is 2. The Bertz CT molecular complexity index is 461. The fraction of sp³-hybridized carbons (Fsp3) is 0.429. The first-order chi connectivity index (χ1) is 9.04. The summed E-state index contributed by atoms with van der Waals surface area (Å²) in [5, 5.41) is 5.00. The lowest BCUT2D eigenvalue weighted by Crippen LogP contribution is -2.36. The number of amides is 2. The topological polar surface area (TPSA) is 58.2 Å². The molecule has 0 aliphatic carbocycles. The third-order valence-corrected chi connectivity index (χ3v) is 2.71. The minimum absolute atomic E-state index is 0.375. The molecule has 0 bridgehead atoms. The number of benzene rings is 1. The van der Waals surface area contributed by atoms with Crippen LogP contribution in [0.4, 0.5) is 10.1 Å². The average molecular weight is 266 g/mol. The van der Waals surface area contributed by atoms with Crippen molar-refractivity contribution in [3.63, 3.8) is 0 Å². The van der Waals surface area contributed by atoms with Crippen LogP contribution in [-0.2, 0) is 9.59 Å². The number of carbonyl (C=O) groups is 2. The predicted molar refractivity (Wildman–Crippen MR) is 72.3 cm³/mol. The van der Waals surface area contributed by atoms with Crippen molar-refractivity contribution in [3.05, 3.63) is 29.6 Å². The summed E-state index contributed by atoms with van der Waals surface area (Å²) < 4.78 is 12.9. The lowest BCUT2D eigenvalue weighted by atomic mass is 10.2. The van der Waals surface area contributed by atoms with Crippen LogP contribution in [0, 0.1) is 12.7 Å². The van der Waals surface area contributed by atoms with Gasteiger partial charge < -0.3 is 10.6 Å². The molecule has 0 unspecified atom stereocenters. The van der Waals surface area contributed by atoms with Gasteiger partial charge in [-0.05, 0) is 37.1 Å². The van der Waals surface area contributed by atoms with Gasteiger partial charge in [0.25, 0.3) is 0 Å². The van der Waals surface area contributed by atoms with E-state index < -0.39 is 11.8 Å². The second kappa shape index (κ2) is 7.51. The number of carbonyl (C=O) groups excluding carboxylic acids is 2. The SMILES string of the molecule is CCCCCNC(=O)C(=O)Nc1ccc(F)cc1C. The van der Waals surface area contributed by atoms with E-state index in [1.807, 2.05) is 0 Å². The summed E-state index contributed by atoms with van der Waals surface area (Å²) in [4.78, 5) is 23.1. The summed E-state index contributed by atoms with van der Waals surface area (Å²) in [6, 6.07) is 3.98. The van der Waals surface area contributed by atoms with Gasteiger partial charge >= 0.3 is 11.8 Å². The van der Waals surface area contributed by atoms with E-state index in [1.165, 1.54) is 18.2 Å². The average Bonchev–Trinajstić information content (AvgIpc) is 2.37. The van der Waals surface area contributed by atoms with Crippen molar-refractivity contribution in [2.75, 3.05) is 11.9 Å². The minimum Gasteiger partial charge on any atom is -0.348 e. The number of halogens is 1. The molecule has 0 spiro atoms. The van der Waals surface area contributed by atoms with E-state index in [2.05, 4.69) is 17.6 Å². The molecule has 0 radical (unpaired) electrons. The summed E-state index contributed by atoms with van der Waals surface area (Å²) in [7, 11) is 0. The molecule has 1 aromatic carbocycles. The second-order valence-electron chi connectivity index (χ2n) is 4.38. The fourth-order valence-electron chi connectivity index (χ4n) is 1.60. The molecule has 5 heteroatoms. The van der Waals surface area contributed by atoms with E-state index in [0.717, 1.165) is 19.3 Å². The van der Waals surface area contributed by atoms with E-state index in [-0.39, 0.29) is 5.82 Å². The summed E-state index contributed by atoms with van der Waals surface area (Å²) in [6.45, 7) is 4.21. The van der Waals surface area contributed by atoms with Gasteiger partial charge in [0.15, 0.2) is 0 Å². The number of nitrogens with one attached hydrogen (secondary N) is 2. The molecular weight excluding hydrogens is 247 g/mol. The number of anilines is 1. The molecule has 0 saturated heterocycles. The van der Waals surface area contributed by atoms with Crippen molar-refractivity contribution in [2.45, 2.75) is 33.1 Å². The first-order valence-corrected chi connectivity index (χ1v) is 6.40.